The second-order valence-corrected chi connectivity index (χ2v) is 8.42. The first-order valence-corrected chi connectivity index (χ1v) is 10.7. The van der Waals surface area contributed by atoms with Gasteiger partial charge in [0.15, 0.2) is 12.2 Å². The molecule has 1 heterocycles. The quantitative estimate of drug-likeness (QED) is 0.395. The van der Waals surface area contributed by atoms with Crippen molar-refractivity contribution in [2.45, 2.75) is 50.5 Å². The monoisotopic (exact) mass is 462 g/mol. The van der Waals surface area contributed by atoms with Crippen molar-refractivity contribution in [3.63, 3.8) is 0 Å². The van der Waals surface area contributed by atoms with E-state index in [1.165, 1.54) is 37.8 Å². The van der Waals surface area contributed by atoms with Gasteiger partial charge in [-0.1, -0.05) is 35.3 Å². The van der Waals surface area contributed by atoms with Crippen LogP contribution in [0.25, 0.3) is 0 Å². The van der Waals surface area contributed by atoms with Crippen LogP contribution in [0.2, 0.25) is 10.0 Å². The zero-order valence-corrected chi connectivity index (χ0v) is 18.0. The number of piperidine rings is 1. The van der Waals surface area contributed by atoms with Gasteiger partial charge in [-0.15, -0.1) is 0 Å². The van der Waals surface area contributed by atoms with E-state index in [1.54, 1.807) is 0 Å². The topological polar surface area (TPSA) is 130 Å². The fourth-order valence-electron chi connectivity index (χ4n) is 3.31. The third kappa shape index (κ3) is 7.68. The van der Waals surface area contributed by atoms with Gasteiger partial charge in [0.05, 0.1) is 10.0 Å². The molecule has 2 fully saturated rings. The molecule has 0 radical (unpaired) electrons. The van der Waals surface area contributed by atoms with Crippen molar-refractivity contribution in [2.24, 2.45) is 5.92 Å². The predicted octanol–water partition coefficient (Wildman–Crippen LogP) is 1.83. The molecule has 1 saturated carbocycles. The standard InChI is InChI=1S/C16H22Cl2N2.C4H6O6/c17-15-3-1-2-13(16(15)18)11-20(10-12-4-5-12)14-6-8-19-9-7-14;5-1(3(7)8)2(6)4(9)10/h1-3,12,14,19H,4-11H2;1-2,5-6H,(H,7,8)(H,9,10)/t;1-,2-/m.1/s1. The van der Waals surface area contributed by atoms with Gasteiger partial charge >= 0.3 is 11.9 Å². The minimum Gasteiger partial charge on any atom is -0.479 e. The third-order valence-electron chi connectivity index (χ3n) is 5.22. The number of carboxylic acids is 2. The van der Waals surface area contributed by atoms with Crippen LogP contribution in [0.3, 0.4) is 0 Å². The van der Waals surface area contributed by atoms with Crippen LogP contribution < -0.4 is 5.32 Å². The molecule has 0 bridgehead atoms. The van der Waals surface area contributed by atoms with Crippen molar-refractivity contribution in [3.05, 3.63) is 33.8 Å². The molecule has 10 heteroatoms. The molecule has 1 saturated heterocycles. The summed E-state index contributed by atoms with van der Waals surface area (Å²) in [6, 6.07) is 6.66. The summed E-state index contributed by atoms with van der Waals surface area (Å²) in [4.78, 5) is 22.2. The smallest absolute Gasteiger partial charge is 0.335 e. The first-order chi connectivity index (χ1) is 14.2. The predicted molar refractivity (Wildman–Crippen MR) is 113 cm³/mol. The van der Waals surface area contributed by atoms with Crippen LogP contribution in [0.15, 0.2) is 18.2 Å². The summed E-state index contributed by atoms with van der Waals surface area (Å²) >= 11 is 12.5. The molecular weight excluding hydrogens is 435 g/mol. The van der Waals surface area contributed by atoms with Crippen molar-refractivity contribution < 1.29 is 30.0 Å². The van der Waals surface area contributed by atoms with Crippen molar-refractivity contribution in [3.8, 4) is 0 Å². The van der Waals surface area contributed by atoms with E-state index >= 15 is 0 Å². The Labute approximate surface area is 185 Å². The Morgan fingerprint density at radius 3 is 2.10 bits per heavy atom. The van der Waals surface area contributed by atoms with E-state index in [0.717, 1.165) is 30.6 Å². The Balaban J connectivity index is 0.000000274. The molecule has 2 atom stereocenters. The first kappa shape index (κ1) is 24.8. The Morgan fingerprint density at radius 2 is 1.60 bits per heavy atom. The zero-order valence-electron chi connectivity index (χ0n) is 16.5. The number of hydrogen-bond donors (Lipinski definition) is 5. The number of nitrogens with zero attached hydrogens (tertiary/aromatic N) is 1. The van der Waals surface area contributed by atoms with Gasteiger partial charge < -0.3 is 25.7 Å². The van der Waals surface area contributed by atoms with Crippen LogP contribution in [0, 0.1) is 5.92 Å². The molecule has 2 aliphatic rings. The number of aliphatic hydroxyl groups excluding tert-OH is 2. The maximum Gasteiger partial charge on any atom is 0.335 e. The molecular formula is C20H28Cl2N2O6. The maximum atomic E-state index is 9.77. The number of rotatable bonds is 8. The van der Waals surface area contributed by atoms with Crippen molar-refractivity contribution in [1.82, 2.24) is 10.2 Å². The Bertz CT molecular complexity index is 707. The van der Waals surface area contributed by atoms with Gasteiger partial charge in [0.2, 0.25) is 0 Å². The van der Waals surface area contributed by atoms with Gasteiger partial charge in [0.25, 0.3) is 0 Å². The number of halogens is 2. The highest BCUT2D eigenvalue weighted by Gasteiger charge is 2.30. The second-order valence-electron chi connectivity index (χ2n) is 7.63. The van der Waals surface area contributed by atoms with Gasteiger partial charge in [-0.05, 0) is 56.3 Å². The van der Waals surface area contributed by atoms with E-state index in [-0.39, 0.29) is 0 Å². The summed E-state index contributed by atoms with van der Waals surface area (Å²) in [7, 11) is 0. The number of carboxylic acid groups (broad SMARTS) is 2. The minimum absolute atomic E-state index is 0.667. The Morgan fingerprint density at radius 1 is 1.03 bits per heavy atom. The van der Waals surface area contributed by atoms with Gasteiger partial charge in [-0.25, -0.2) is 9.59 Å². The van der Waals surface area contributed by atoms with Crippen molar-refractivity contribution in [2.75, 3.05) is 19.6 Å². The molecule has 0 aromatic heterocycles. The van der Waals surface area contributed by atoms with Gasteiger partial charge in [-0.2, -0.15) is 0 Å². The fourth-order valence-corrected chi connectivity index (χ4v) is 3.69. The van der Waals surface area contributed by atoms with Crippen molar-refractivity contribution in [1.29, 1.82) is 0 Å². The van der Waals surface area contributed by atoms with E-state index in [0.29, 0.717) is 11.1 Å². The van der Waals surface area contributed by atoms with E-state index in [1.807, 2.05) is 12.1 Å². The SMILES string of the molecule is Clc1cccc(CN(CC2CC2)C2CCNCC2)c1Cl.O=C(O)[C@H](O)[C@@H](O)C(=O)O. The zero-order chi connectivity index (χ0) is 22.3. The maximum absolute atomic E-state index is 9.77. The van der Waals surface area contributed by atoms with E-state index in [2.05, 4.69) is 16.3 Å². The first-order valence-electron chi connectivity index (χ1n) is 9.90. The highest BCUT2D eigenvalue weighted by Crippen LogP contribution is 2.33. The number of benzene rings is 1. The van der Waals surface area contributed by atoms with Crippen LogP contribution in [-0.4, -0.2) is 75.1 Å². The van der Waals surface area contributed by atoms with Crippen molar-refractivity contribution >= 4 is 35.1 Å². The van der Waals surface area contributed by atoms with Gasteiger partial charge in [-0.3, -0.25) is 4.90 Å². The number of carbonyl (C=O) groups is 2. The summed E-state index contributed by atoms with van der Waals surface area (Å²) in [6.45, 7) is 4.41. The summed E-state index contributed by atoms with van der Waals surface area (Å²) in [5, 5.41) is 37.4. The molecule has 0 unspecified atom stereocenters. The van der Waals surface area contributed by atoms with Crippen LogP contribution in [0.1, 0.15) is 31.2 Å². The number of hydrogen-bond acceptors (Lipinski definition) is 6. The normalized spacial score (nSPS) is 19.0. The largest absolute Gasteiger partial charge is 0.479 e. The average Bonchev–Trinajstić information content (AvgIpc) is 3.54. The van der Waals surface area contributed by atoms with Crippen LogP contribution in [0.5, 0.6) is 0 Å². The Kier molecular flexibility index (Phi) is 9.80. The summed E-state index contributed by atoms with van der Waals surface area (Å²) in [5.74, 6) is -2.63. The Hall–Kier alpha value is -1.42. The lowest BCUT2D eigenvalue weighted by Crippen LogP contribution is -2.43. The minimum atomic E-state index is -2.27. The average molecular weight is 463 g/mol. The lowest BCUT2D eigenvalue weighted by atomic mass is 10.0. The number of aliphatic hydroxyl groups is 2. The van der Waals surface area contributed by atoms with Crippen LogP contribution in [-0.2, 0) is 16.1 Å². The molecule has 168 valence electrons. The molecule has 8 nitrogen and oxygen atoms in total. The van der Waals surface area contributed by atoms with E-state index in [9.17, 15) is 9.59 Å². The molecule has 30 heavy (non-hydrogen) atoms. The van der Waals surface area contributed by atoms with E-state index in [4.69, 9.17) is 43.6 Å². The third-order valence-corrected chi connectivity index (χ3v) is 6.08. The van der Waals surface area contributed by atoms with Gasteiger partial charge in [0.1, 0.15) is 0 Å². The van der Waals surface area contributed by atoms with E-state index < -0.39 is 24.1 Å². The molecule has 3 rings (SSSR count). The number of nitrogens with one attached hydrogen (secondary N) is 1. The lowest BCUT2D eigenvalue weighted by molar-refractivity contribution is -0.165. The van der Waals surface area contributed by atoms with Crippen LogP contribution in [0.4, 0.5) is 0 Å². The fraction of sp³-hybridized carbons (Fsp3) is 0.600. The second kappa shape index (κ2) is 11.8. The molecule has 0 spiro atoms. The lowest BCUT2D eigenvalue weighted by Gasteiger charge is -2.35. The highest BCUT2D eigenvalue weighted by atomic mass is 35.5. The molecule has 1 aliphatic heterocycles. The summed E-state index contributed by atoms with van der Waals surface area (Å²) in [5.41, 5.74) is 1.17. The summed E-state index contributed by atoms with van der Waals surface area (Å²) < 4.78 is 0. The summed E-state index contributed by atoms with van der Waals surface area (Å²) in [6.07, 6.45) is 0.737. The number of aliphatic carboxylic acids is 2. The van der Waals surface area contributed by atoms with Crippen LogP contribution >= 0.6 is 23.2 Å². The molecule has 1 aromatic rings. The molecule has 5 N–H and O–H groups in total. The molecule has 0 amide bonds. The molecule has 1 aromatic carbocycles. The highest BCUT2D eigenvalue weighted by molar-refractivity contribution is 6.42. The van der Waals surface area contributed by atoms with Gasteiger partial charge in [0, 0.05) is 19.1 Å². The molecule has 1 aliphatic carbocycles.